The summed E-state index contributed by atoms with van der Waals surface area (Å²) >= 11 is 0. The van der Waals surface area contributed by atoms with E-state index in [1.165, 1.54) is 0 Å². The largest absolute Gasteiger partial charge is 0.481 e. The standard InChI is InChI=1S/C11H19N3O4/c12-11(18)13-9(15)3-6-14-4-1-8(2-5-14)7-10(16)17/h8H,1-7H2,(H,16,17)(H3,12,13,15,18). The molecule has 0 atom stereocenters. The van der Waals surface area contributed by atoms with Crippen LogP contribution >= 0.6 is 0 Å². The van der Waals surface area contributed by atoms with Gasteiger partial charge in [0.25, 0.3) is 0 Å². The van der Waals surface area contributed by atoms with Gasteiger partial charge in [0.2, 0.25) is 5.91 Å². The molecule has 0 aromatic carbocycles. The van der Waals surface area contributed by atoms with Crippen molar-refractivity contribution < 1.29 is 19.5 Å². The highest BCUT2D eigenvalue weighted by Gasteiger charge is 2.21. The first kappa shape index (κ1) is 14.4. The number of nitrogens with one attached hydrogen (secondary N) is 1. The number of urea groups is 1. The molecule has 3 amide bonds. The lowest BCUT2D eigenvalue weighted by Gasteiger charge is -2.30. The molecule has 0 bridgehead atoms. The third-order valence-electron chi connectivity index (χ3n) is 3.09. The van der Waals surface area contributed by atoms with Crippen molar-refractivity contribution in [3.63, 3.8) is 0 Å². The molecule has 1 rings (SSSR count). The number of piperidine rings is 1. The Bertz CT molecular complexity index is 324. The monoisotopic (exact) mass is 257 g/mol. The van der Waals surface area contributed by atoms with Gasteiger partial charge < -0.3 is 15.7 Å². The summed E-state index contributed by atoms with van der Waals surface area (Å²) in [7, 11) is 0. The number of amides is 3. The van der Waals surface area contributed by atoms with Gasteiger partial charge in [0.05, 0.1) is 0 Å². The molecule has 7 heteroatoms. The fourth-order valence-corrected chi connectivity index (χ4v) is 2.12. The summed E-state index contributed by atoms with van der Waals surface area (Å²) in [6.45, 7) is 2.16. The van der Waals surface area contributed by atoms with Gasteiger partial charge in [-0.1, -0.05) is 0 Å². The highest BCUT2D eigenvalue weighted by molar-refractivity contribution is 5.93. The van der Waals surface area contributed by atoms with E-state index in [1.807, 2.05) is 5.32 Å². The minimum Gasteiger partial charge on any atom is -0.481 e. The van der Waals surface area contributed by atoms with E-state index in [2.05, 4.69) is 4.90 Å². The molecule has 0 radical (unpaired) electrons. The topological polar surface area (TPSA) is 113 Å². The minimum absolute atomic E-state index is 0.218. The van der Waals surface area contributed by atoms with Crippen LogP contribution in [-0.2, 0) is 9.59 Å². The van der Waals surface area contributed by atoms with E-state index in [0.717, 1.165) is 25.9 Å². The van der Waals surface area contributed by atoms with Crippen LogP contribution in [0.2, 0.25) is 0 Å². The number of hydrogen-bond acceptors (Lipinski definition) is 4. The molecule has 1 aliphatic rings. The Morgan fingerprint density at radius 1 is 1.28 bits per heavy atom. The number of carbonyl (C=O) groups excluding carboxylic acids is 2. The van der Waals surface area contributed by atoms with E-state index < -0.39 is 12.0 Å². The Hall–Kier alpha value is -1.63. The summed E-state index contributed by atoms with van der Waals surface area (Å²) in [5.41, 5.74) is 4.83. The normalized spacial score (nSPS) is 17.3. The molecule has 18 heavy (non-hydrogen) atoms. The number of likely N-dealkylation sites (tertiary alicyclic amines) is 1. The summed E-state index contributed by atoms with van der Waals surface area (Å²) in [4.78, 5) is 34.3. The number of nitrogens with two attached hydrogens (primary N) is 1. The molecule has 1 aliphatic heterocycles. The van der Waals surface area contributed by atoms with E-state index in [0.29, 0.717) is 6.54 Å². The second-order valence-electron chi connectivity index (χ2n) is 4.55. The summed E-state index contributed by atoms with van der Waals surface area (Å²) in [6.07, 6.45) is 2.12. The van der Waals surface area contributed by atoms with Gasteiger partial charge in [0.15, 0.2) is 0 Å². The zero-order chi connectivity index (χ0) is 13.5. The molecule has 1 fully saturated rings. The number of aliphatic carboxylic acids is 1. The van der Waals surface area contributed by atoms with Gasteiger partial charge in [-0.3, -0.25) is 14.9 Å². The van der Waals surface area contributed by atoms with Crippen molar-refractivity contribution >= 4 is 17.9 Å². The van der Waals surface area contributed by atoms with Gasteiger partial charge in [-0.25, -0.2) is 4.79 Å². The van der Waals surface area contributed by atoms with Gasteiger partial charge >= 0.3 is 12.0 Å². The number of rotatable bonds is 5. The summed E-state index contributed by atoms with van der Waals surface area (Å²) < 4.78 is 0. The Kier molecular flexibility index (Phi) is 5.57. The van der Waals surface area contributed by atoms with Crippen LogP contribution in [0.4, 0.5) is 4.79 Å². The smallest absolute Gasteiger partial charge is 0.318 e. The second kappa shape index (κ2) is 6.95. The molecular weight excluding hydrogens is 238 g/mol. The lowest BCUT2D eigenvalue weighted by Crippen LogP contribution is -2.39. The van der Waals surface area contributed by atoms with Crippen molar-refractivity contribution in [2.45, 2.75) is 25.7 Å². The average Bonchev–Trinajstić information content (AvgIpc) is 2.26. The lowest BCUT2D eigenvalue weighted by molar-refractivity contribution is -0.138. The van der Waals surface area contributed by atoms with Crippen molar-refractivity contribution in [3.8, 4) is 0 Å². The molecule has 0 aromatic heterocycles. The number of imide groups is 1. The molecule has 1 saturated heterocycles. The molecule has 0 aromatic rings. The van der Waals surface area contributed by atoms with Crippen LogP contribution in [0.25, 0.3) is 0 Å². The minimum atomic E-state index is -0.833. The maximum atomic E-state index is 11.2. The van der Waals surface area contributed by atoms with E-state index in [4.69, 9.17) is 10.8 Å². The molecule has 0 saturated carbocycles. The number of carboxylic acid groups (broad SMARTS) is 1. The van der Waals surface area contributed by atoms with Crippen molar-refractivity contribution in [2.75, 3.05) is 19.6 Å². The molecule has 0 unspecified atom stereocenters. The zero-order valence-electron chi connectivity index (χ0n) is 10.2. The Morgan fingerprint density at radius 3 is 2.39 bits per heavy atom. The fraction of sp³-hybridized carbons (Fsp3) is 0.727. The van der Waals surface area contributed by atoms with Crippen LogP contribution in [0, 0.1) is 5.92 Å². The van der Waals surface area contributed by atoms with E-state index in [1.54, 1.807) is 0 Å². The number of nitrogens with zero attached hydrogens (tertiary/aromatic N) is 1. The third-order valence-corrected chi connectivity index (χ3v) is 3.09. The third kappa shape index (κ3) is 5.62. The van der Waals surface area contributed by atoms with Crippen LogP contribution < -0.4 is 11.1 Å². The van der Waals surface area contributed by atoms with Crippen LogP contribution in [0.1, 0.15) is 25.7 Å². The fourth-order valence-electron chi connectivity index (χ4n) is 2.12. The van der Waals surface area contributed by atoms with Crippen LogP contribution in [-0.4, -0.2) is 47.5 Å². The molecule has 0 spiro atoms. The van der Waals surface area contributed by atoms with Gasteiger partial charge in [-0.05, 0) is 31.8 Å². The van der Waals surface area contributed by atoms with Gasteiger partial charge in [0.1, 0.15) is 0 Å². The van der Waals surface area contributed by atoms with E-state index in [-0.39, 0.29) is 24.7 Å². The average molecular weight is 257 g/mol. The van der Waals surface area contributed by atoms with Crippen molar-refractivity contribution in [3.05, 3.63) is 0 Å². The van der Waals surface area contributed by atoms with Crippen LogP contribution in [0.15, 0.2) is 0 Å². The maximum absolute atomic E-state index is 11.2. The number of carboxylic acids is 1. The maximum Gasteiger partial charge on any atom is 0.318 e. The van der Waals surface area contributed by atoms with Gasteiger partial charge in [-0.15, -0.1) is 0 Å². The molecule has 102 valence electrons. The Labute approximate surface area is 105 Å². The van der Waals surface area contributed by atoms with Gasteiger partial charge in [-0.2, -0.15) is 0 Å². The molecule has 7 nitrogen and oxygen atoms in total. The van der Waals surface area contributed by atoms with Gasteiger partial charge in [0, 0.05) is 19.4 Å². The summed E-state index contributed by atoms with van der Waals surface area (Å²) in [5.74, 6) is -0.900. The first-order valence-electron chi connectivity index (χ1n) is 6.01. The lowest BCUT2D eigenvalue weighted by atomic mass is 9.93. The first-order valence-corrected chi connectivity index (χ1v) is 6.01. The Balaban J connectivity index is 2.17. The second-order valence-corrected chi connectivity index (χ2v) is 4.55. The predicted octanol–water partition coefficient (Wildman–Crippen LogP) is -0.242. The van der Waals surface area contributed by atoms with Crippen LogP contribution in [0.3, 0.4) is 0 Å². The predicted molar refractivity (Wildman–Crippen MR) is 63.8 cm³/mol. The summed E-state index contributed by atoms with van der Waals surface area (Å²) in [5, 5.41) is 10.7. The van der Waals surface area contributed by atoms with E-state index in [9.17, 15) is 14.4 Å². The van der Waals surface area contributed by atoms with E-state index >= 15 is 0 Å². The number of hydrogen-bond donors (Lipinski definition) is 3. The highest BCUT2D eigenvalue weighted by atomic mass is 16.4. The van der Waals surface area contributed by atoms with Crippen molar-refractivity contribution in [1.82, 2.24) is 10.2 Å². The van der Waals surface area contributed by atoms with Crippen molar-refractivity contribution in [1.29, 1.82) is 0 Å². The zero-order valence-corrected chi connectivity index (χ0v) is 10.2. The molecular formula is C11H19N3O4. The number of primary amides is 1. The highest BCUT2D eigenvalue weighted by Crippen LogP contribution is 2.20. The quantitative estimate of drug-likeness (QED) is 0.629. The molecule has 1 heterocycles. The molecule has 0 aliphatic carbocycles. The first-order chi connectivity index (χ1) is 8.47. The SMILES string of the molecule is NC(=O)NC(=O)CCN1CCC(CC(=O)O)CC1. The van der Waals surface area contributed by atoms with Crippen LogP contribution in [0.5, 0.6) is 0 Å². The number of carbonyl (C=O) groups is 3. The summed E-state index contributed by atoms with van der Waals surface area (Å²) in [6, 6.07) is -0.833. The molecule has 4 N–H and O–H groups in total. The Morgan fingerprint density at radius 2 is 1.89 bits per heavy atom. The van der Waals surface area contributed by atoms with Crippen molar-refractivity contribution in [2.24, 2.45) is 11.7 Å².